The highest BCUT2D eigenvalue weighted by molar-refractivity contribution is 7.86. The fourth-order valence-electron chi connectivity index (χ4n) is 3.28. The number of azo groups is 1. The molecule has 12 heteroatoms. The summed E-state index contributed by atoms with van der Waals surface area (Å²) < 4.78 is 65.6. The molecule has 0 saturated carbocycles. The van der Waals surface area contributed by atoms with Crippen LogP contribution in [0.15, 0.2) is 80.7 Å². The lowest BCUT2D eigenvalue weighted by molar-refractivity contribution is 0.457. The van der Waals surface area contributed by atoms with E-state index in [0.717, 1.165) is 17.5 Å². The molecule has 164 valence electrons. The van der Waals surface area contributed by atoms with Crippen LogP contribution in [0.25, 0.3) is 21.5 Å². The van der Waals surface area contributed by atoms with Gasteiger partial charge in [-0.25, -0.2) is 0 Å². The summed E-state index contributed by atoms with van der Waals surface area (Å²) >= 11 is 0. The van der Waals surface area contributed by atoms with E-state index >= 15 is 0 Å². The standard InChI is InChI=1S/C20H14N2O8S2/c23-16-10-13(31(25,26)27)8-12-9-17(32(28,29)30)19(20(24)18(12)16)22-21-15-7-3-5-11-4-1-2-6-14(11)15/h1-10,23-24H,(H,25,26,27)(H,28,29,30)/b22-21+. The minimum absolute atomic E-state index is 0.285. The lowest BCUT2D eigenvalue weighted by Crippen LogP contribution is -2.01. The molecule has 0 heterocycles. The van der Waals surface area contributed by atoms with Gasteiger partial charge in [0.25, 0.3) is 20.2 Å². The van der Waals surface area contributed by atoms with Gasteiger partial charge < -0.3 is 10.2 Å². The van der Waals surface area contributed by atoms with Crippen LogP contribution in [-0.2, 0) is 20.2 Å². The third-order valence-electron chi connectivity index (χ3n) is 4.70. The molecular formula is C20H14N2O8S2. The van der Waals surface area contributed by atoms with Gasteiger partial charge in [0, 0.05) is 11.5 Å². The van der Waals surface area contributed by atoms with Crippen LogP contribution in [-0.4, -0.2) is 36.2 Å². The van der Waals surface area contributed by atoms with Gasteiger partial charge in [-0.05, 0) is 29.0 Å². The molecule has 10 nitrogen and oxygen atoms in total. The van der Waals surface area contributed by atoms with Crippen molar-refractivity contribution in [1.29, 1.82) is 0 Å². The number of hydrogen-bond donors (Lipinski definition) is 4. The van der Waals surface area contributed by atoms with Gasteiger partial charge in [-0.3, -0.25) is 9.11 Å². The Labute approximate surface area is 181 Å². The molecule has 0 amide bonds. The molecule has 4 aromatic rings. The molecule has 0 spiro atoms. The largest absolute Gasteiger partial charge is 0.507 e. The SMILES string of the molecule is O=S(=O)(O)c1cc(O)c2c(O)c(/N=N/c3cccc4ccccc34)c(S(=O)(=O)O)cc2c1. The molecule has 0 fully saturated rings. The molecule has 4 N–H and O–H groups in total. The van der Waals surface area contributed by atoms with Gasteiger partial charge in [-0.15, -0.1) is 10.2 Å². The maximum absolute atomic E-state index is 12.0. The number of nitrogens with zero attached hydrogens (tertiary/aromatic N) is 2. The second-order valence-electron chi connectivity index (χ2n) is 6.76. The molecule has 4 aromatic carbocycles. The zero-order valence-corrected chi connectivity index (χ0v) is 17.5. The molecular weight excluding hydrogens is 460 g/mol. The van der Waals surface area contributed by atoms with E-state index in [1.54, 1.807) is 24.3 Å². The number of phenolic OH excluding ortho intramolecular Hbond substituents is 2. The van der Waals surface area contributed by atoms with Crippen LogP contribution in [0.5, 0.6) is 11.5 Å². The number of aromatic hydroxyl groups is 2. The van der Waals surface area contributed by atoms with Crippen LogP contribution < -0.4 is 0 Å². The van der Waals surface area contributed by atoms with E-state index in [1.165, 1.54) is 0 Å². The fraction of sp³-hybridized carbons (Fsp3) is 0. The van der Waals surface area contributed by atoms with E-state index in [1.807, 2.05) is 18.2 Å². The van der Waals surface area contributed by atoms with Crippen LogP contribution in [0.1, 0.15) is 0 Å². The number of hydrogen-bond acceptors (Lipinski definition) is 8. The van der Waals surface area contributed by atoms with Crippen molar-refractivity contribution in [3.05, 3.63) is 60.7 Å². The molecule has 0 bridgehead atoms. The van der Waals surface area contributed by atoms with Crippen molar-refractivity contribution >= 4 is 53.2 Å². The molecule has 0 aromatic heterocycles. The van der Waals surface area contributed by atoms with Gasteiger partial charge in [0.2, 0.25) is 0 Å². The van der Waals surface area contributed by atoms with Gasteiger partial charge in [0.1, 0.15) is 16.3 Å². The zero-order chi connectivity index (χ0) is 23.3. The normalized spacial score (nSPS) is 12.7. The van der Waals surface area contributed by atoms with Crippen molar-refractivity contribution in [3.63, 3.8) is 0 Å². The Morgan fingerprint density at radius 1 is 0.719 bits per heavy atom. The molecule has 0 aliphatic carbocycles. The van der Waals surface area contributed by atoms with E-state index in [9.17, 15) is 36.2 Å². The summed E-state index contributed by atoms with van der Waals surface area (Å²) in [6.45, 7) is 0. The highest BCUT2D eigenvalue weighted by Gasteiger charge is 2.25. The lowest BCUT2D eigenvalue weighted by atomic mass is 10.1. The molecule has 32 heavy (non-hydrogen) atoms. The Morgan fingerprint density at radius 2 is 1.41 bits per heavy atom. The Morgan fingerprint density at radius 3 is 2.09 bits per heavy atom. The lowest BCUT2D eigenvalue weighted by Gasteiger charge is -2.11. The number of fused-ring (bicyclic) bond motifs is 2. The number of rotatable bonds is 4. The third-order valence-corrected chi connectivity index (χ3v) is 6.40. The van der Waals surface area contributed by atoms with Crippen molar-refractivity contribution in [3.8, 4) is 11.5 Å². The van der Waals surface area contributed by atoms with Crippen molar-refractivity contribution in [2.24, 2.45) is 10.2 Å². The van der Waals surface area contributed by atoms with Crippen LogP contribution in [0.2, 0.25) is 0 Å². The average molecular weight is 474 g/mol. The summed E-state index contributed by atoms with van der Waals surface area (Å²) in [6.07, 6.45) is 0. The van der Waals surface area contributed by atoms with E-state index in [-0.39, 0.29) is 10.8 Å². The monoisotopic (exact) mass is 474 g/mol. The van der Waals surface area contributed by atoms with Gasteiger partial charge in [0.05, 0.1) is 16.0 Å². The van der Waals surface area contributed by atoms with Crippen LogP contribution in [0, 0.1) is 0 Å². The maximum Gasteiger partial charge on any atom is 0.296 e. The van der Waals surface area contributed by atoms with Gasteiger partial charge >= 0.3 is 0 Å². The minimum atomic E-state index is -4.96. The van der Waals surface area contributed by atoms with Gasteiger partial charge in [0.15, 0.2) is 5.75 Å². The summed E-state index contributed by atoms with van der Waals surface area (Å²) in [5.74, 6) is -1.63. The van der Waals surface area contributed by atoms with Crippen molar-refractivity contribution in [2.75, 3.05) is 0 Å². The second kappa shape index (κ2) is 7.53. The van der Waals surface area contributed by atoms with E-state index in [2.05, 4.69) is 10.2 Å². The molecule has 0 unspecified atom stereocenters. The predicted octanol–water partition coefficient (Wildman–Crippen LogP) is 4.31. The Hall–Kier alpha value is -3.58. The Balaban J connectivity index is 2.01. The van der Waals surface area contributed by atoms with Crippen molar-refractivity contribution in [1.82, 2.24) is 0 Å². The Bertz CT molecular complexity index is 1640. The number of phenols is 2. The first kappa shape index (κ1) is 21.6. The van der Waals surface area contributed by atoms with Crippen LogP contribution in [0.3, 0.4) is 0 Å². The van der Waals surface area contributed by atoms with Crippen molar-refractivity contribution in [2.45, 2.75) is 9.79 Å². The summed E-state index contributed by atoms with van der Waals surface area (Å²) in [5, 5.41) is 29.6. The van der Waals surface area contributed by atoms with Crippen LogP contribution >= 0.6 is 0 Å². The smallest absolute Gasteiger partial charge is 0.296 e. The topological polar surface area (TPSA) is 174 Å². The average Bonchev–Trinajstić information content (AvgIpc) is 2.71. The highest BCUT2D eigenvalue weighted by Crippen LogP contribution is 2.45. The third kappa shape index (κ3) is 3.87. The summed E-state index contributed by atoms with van der Waals surface area (Å²) in [5.41, 5.74) is -0.322. The van der Waals surface area contributed by atoms with Crippen LogP contribution in [0.4, 0.5) is 11.4 Å². The van der Waals surface area contributed by atoms with E-state index in [4.69, 9.17) is 0 Å². The summed E-state index contributed by atoms with van der Waals surface area (Å²) in [7, 11) is -9.71. The van der Waals surface area contributed by atoms with Crippen molar-refractivity contribution < 1.29 is 36.2 Å². The summed E-state index contributed by atoms with van der Waals surface area (Å²) in [4.78, 5) is -1.62. The molecule has 0 aliphatic heterocycles. The summed E-state index contributed by atoms with van der Waals surface area (Å²) in [6, 6.07) is 14.6. The Kier molecular flexibility index (Phi) is 5.09. The molecule has 0 radical (unpaired) electrons. The molecule has 4 rings (SSSR count). The first-order valence-electron chi connectivity index (χ1n) is 8.84. The van der Waals surface area contributed by atoms with Gasteiger partial charge in [-0.2, -0.15) is 16.8 Å². The van der Waals surface area contributed by atoms with Gasteiger partial charge in [-0.1, -0.05) is 36.4 Å². The highest BCUT2D eigenvalue weighted by atomic mass is 32.2. The molecule has 0 aliphatic rings. The van der Waals surface area contributed by atoms with E-state index < -0.39 is 47.2 Å². The fourth-order valence-corrected chi connectivity index (χ4v) is 4.47. The quantitative estimate of drug-likeness (QED) is 0.250. The first-order chi connectivity index (χ1) is 15.0. The first-order valence-corrected chi connectivity index (χ1v) is 11.7. The molecule has 0 atom stereocenters. The molecule has 0 saturated heterocycles. The second-order valence-corrected chi connectivity index (χ2v) is 9.57. The predicted molar refractivity (Wildman–Crippen MR) is 115 cm³/mol. The van der Waals surface area contributed by atoms with E-state index in [0.29, 0.717) is 17.1 Å². The zero-order valence-electron chi connectivity index (χ0n) is 15.9. The maximum atomic E-state index is 12.0. The number of benzene rings is 4. The minimum Gasteiger partial charge on any atom is -0.507 e.